The lowest BCUT2D eigenvalue weighted by atomic mass is 9.48. The summed E-state index contributed by atoms with van der Waals surface area (Å²) in [6.45, 7) is 4.95. The van der Waals surface area contributed by atoms with Gasteiger partial charge in [0.25, 0.3) is 0 Å². The molecule has 0 spiro atoms. The second kappa shape index (κ2) is 4.21. The van der Waals surface area contributed by atoms with Crippen LogP contribution in [0, 0.1) is 28.6 Å². The van der Waals surface area contributed by atoms with E-state index in [1.807, 2.05) is 0 Å². The van der Waals surface area contributed by atoms with E-state index in [1.54, 1.807) is 0 Å². The molecule has 4 aliphatic rings. The number of hydrogen-bond acceptors (Lipinski definition) is 1. The maximum atomic E-state index is 12.8. The lowest BCUT2D eigenvalue weighted by Gasteiger charge is -2.55. The normalized spacial score (nSPS) is 51.0. The van der Waals surface area contributed by atoms with Crippen molar-refractivity contribution in [1.29, 1.82) is 0 Å². The summed E-state index contributed by atoms with van der Waals surface area (Å²) in [5.41, 5.74) is 2.35. The van der Waals surface area contributed by atoms with Crippen LogP contribution < -0.4 is 0 Å². The maximum Gasteiger partial charge on any atom is 0.159 e. The van der Waals surface area contributed by atoms with Gasteiger partial charge in [0.1, 0.15) is 0 Å². The van der Waals surface area contributed by atoms with E-state index >= 15 is 0 Å². The van der Waals surface area contributed by atoms with Crippen LogP contribution in [0.3, 0.4) is 0 Å². The molecule has 0 amide bonds. The maximum absolute atomic E-state index is 12.8. The summed E-state index contributed by atoms with van der Waals surface area (Å²) < 4.78 is 0. The average molecular weight is 272 g/mol. The molecule has 3 fully saturated rings. The van der Waals surface area contributed by atoms with Crippen molar-refractivity contribution in [3.8, 4) is 0 Å². The van der Waals surface area contributed by atoms with Crippen molar-refractivity contribution in [3.63, 3.8) is 0 Å². The van der Waals surface area contributed by atoms with Crippen molar-refractivity contribution >= 4 is 5.78 Å². The highest BCUT2D eigenvalue weighted by Crippen LogP contribution is 2.63. The second-order valence-electron chi connectivity index (χ2n) is 8.52. The first-order valence-corrected chi connectivity index (χ1v) is 8.79. The van der Waals surface area contributed by atoms with E-state index in [-0.39, 0.29) is 0 Å². The Bertz CT molecular complexity index is 476. The molecule has 0 saturated heterocycles. The zero-order valence-electron chi connectivity index (χ0n) is 13.1. The van der Waals surface area contributed by atoms with Gasteiger partial charge >= 0.3 is 0 Å². The van der Waals surface area contributed by atoms with Crippen molar-refractivity contribution < 1.29 is 4.79 Å². The number of carbonyl (C=O) groups excluding carboxylic acids is 1. The van der Waals surface area contributed by atoms with Gasteiger partial charge in [-0.3, -0.25) is 4.79 Å². The Labute approximate surface area is 123 Å². The lowest BCUT2D eigenvalue weighted by molar-refractivity contribution is -0.132. The molecule has 4 aliphatic carbocycles. The van der Waals surface area contributed by atoms with E-state index in [1.165, 1.54) is 63.4 Å². The SMILES string of the molecule is C[C@]12CCC[C@@H]1[C@H]1C(=O)C=C3CCCC[C@]3(C)[C@@H]1CC2. The molecule has 0 bridgehead atoms. The molecule has 0 heterocycles. The Hall–Kier alpha value is -0.590. The summed E-state index contributed by atoms with van der Waals surface area (Å²) in [5, 5.41) is 0. The smallest absolute Gasteiger partial charge is 0.159 e. The summed E-state index contributed by atoms with van der Waals surface area (Å²) in [7, 11) is 0. The fraction of sp³-hybridized carbons (Fsp3) is 0.842. The minimum Gasteiger partial charge on any atom is -0.295 e. The minimum atomic E-state index is 0.362. The standard InChI is InChI=1S/C19H28O/c1-18-9-5-7-14(18)17-15(8-11-18)19(2)10-4-3-6-13(19)12-16(17)20/h12,14-15,17H,3-11H2,1-2H3/t14-,15-,17-,18-,19+/m1/s1. The lowest BCUT2D eigenvalue weighted by Crippen LogP contribution is -2.51. The molecule has 3 saturated carbocycles. The monoisotopic (exact) mass is 272 g/mol. The van der Waals surface area contributed by atoms with Crippen LogP contribution >= 0.6 is 0 Å². The molecule has 0 unspecified atom stereocenters. The summed E-state index contributed by atoms with van der Waals surface area (Å²) in [6, 6.07) is 0. The number of hydrogen-bond donors (Lipinski definition) is 0. The van der Waals surface area contributed by atoms with Crippen LogP contribution in [0.15, 0.2) is 11.6 Å². The predicted molar refractivity (Wildman–Crippen MR) is 81.3 cm³/mol. The average Bonchev–Trinajstić information content (AvgIpc) is 2.81. The molecular formula is C19H28O. The topological polar surface area (TPSA) is 17.1 Å². The van der Waals surface area contributed by atoms with Crippen LogP contribution in [0.1, 0.15) is 71.6 Å². The van der Waals surface area contributed by atoms with Gasteiger partial charge in [-0.25, -0.2) is 0 Å². The van der Waals surface area contributed by atoms with Gasteiger partial charge in [-0.05, 0) is 73.7 Å². The molecule has 0 radical (unpaired) electrons. The zero-order chi connectivity index (χ0) is 14.0. The molecule has 20 heavy (non-hydrogen) atoms. The van der Waals surface area contributed by atoms with Gasteiger partial charge in [-0.2, -0.15) is 0 Å². The Morgan fingerprint density at radius 1 is 1.00 bits per heavy atom. The molecule has 5 atom stereocenters. The number of carbonyl (C=O) groups is 1. The molecule has 0 aliphatic heterocycles. The van der Waals surface area contributed by atoms with E-state index in [0.29, 0.717) is 34.4 Å². The van der Waals surface area contributed by atoms with Gasteiger partial charge in [-0.1, -0.05) is 32.3 Å². The second-order valence-corrected chi connectivity index (χ2v) is 8.52. The van der Waals surface area contributed by atoms with Gasteiger partial charge < -0.3 is 0 Å². The molecule has 110 valence electrons. The van der Waals surface area contributed by atoms with E-state index in [4.69, 9.17) is 0 Å². The number of ketones is 1. The van der Waals surface area contributed by atoms with Gasteiger partial charge in [-0.15, -0.1) is 0 Å². The van der Waals surface area contributed by atoms with Crippen LogP contribution in [0.2, 0.25) is 0 Å². The number of rotatable bonds is 0. The first-order valence-electron chi connectivity index (χ1n) is 8.79. The van der Waals surface area contributed by atoms with Gasteiger partial charge in [0.2, 0.25) is 0 Å². The molecule has 1 heteroatoms. The van der Waals surface area contributed by atoms with Gasteiger partial charge in [0, 0.05) is 5.92 Å². The molecule has 0 aromatic rings. The number of allylic oxidation sites excluding steroid dienone is 2. The molecule has 4 rings (SSSR count). The Kier molecular flexibility index (Phi) is 2.76. The van der Waals surface area contributed by atoms with Gasteiger partial charge in [0.15, 0.2) is 5.78 Å². The third-order valence-corrected chi connectivity index (χ3v) is 7.64. The molecule has 0 aromatic heterocycles. The number of fused-ring (bicyclic) bond motifs is 5. The quantitative estimate of drug-likeness (QED) is 0.612. The predicted octanol–water partition coefficient (Wildman–Crippen LogP) is 4.91. The highest BCUT2D eigenvalue weighted by atomic mass is 16.1. The fourth-order valence-electron chi connectivity index (χ4n) is 6.42. The van der Waals surface area contributed by atoms with Crippen LogP contribution in [-0.2, 0) is 4.79 Å². The summed E-state index contributed by atoms with van der Waals surface area (Å²) in [4.78, 5) is 12.8. The van der Waals surface area contributed by atoms with Crippen molar-refractivity contribution in [3.05, 3.63) is 11.6 Å². The van der Waals surface area contributed by atoms with E-state index in [2.05, 4.69) is 19.9 Å². The molecular weight excluding hydrogens is 244 g/mol. The summed E-state index contributed by atoms with van der Waals surface area (Å²) >= 11 is 0. The third kappa shape index (κ3) is 1.58. The Morgan fingerprint density at radius 3 is 2.70 bits per heavy atom. The fourth-order valence-corrected chi connectivity index (χ4v) is 6.42. The molecule has 1 nitrogen and oxygen atoms in total. The first-order chi connectivity index (χ1) is 9.55. The Balaban J connectivity index is 1.77. The minimum absolute atomic E-state index is 0.362. The highest BCUT2D eigenvalue weighted by molar-refractivity contribution is 5.94. The largest absolute Gasteiger partial charge is 0.295 e. The van der Waals surface area contributed by atoms with Crippen molar-refractivity contribution in [2.75, 3.05) is 0 Å². The van der Waals surface area contributed by atoms with E-state index in [9.17, 15) is 4.79 Å². The third-order valence-electron chi connectivity index (χ3n) is 7.64. The zero-order valence-corrected chi connectivity index (χ0v) is 13.1. The van der Waals surface area contributed by atoms with Crippen LogP contribution in [0.5, 0.6) is 0 Å². The van der Waals surface area contributed by atoms with Crippen molar-refractivity contribution in [1.82, 2.24) is 0 Å². The highest BCUT2D eigenvalue weighted by Gasteiger charge is 2.57. The molecule has 0 N–H and O–H groups in total. The summed E-state index contributed by atoms with van der Waals surface area (Å²) in [5.74, 6) is 2.21. The van der Waals surface area contributed by atoms with Crippen LogP contribution in [-0.4, -0.2) is 5.78 Å². The van der Waals surface area contributed by atoms with E-state index < -0.39 is 0 Å². The van der Waals surface area contributed by atoms with Crippen LogP contribution in [0.25, 0.3) is 0 Å². The molecule has 0 aromatic carbocycles. The van der Waals surface area contributed by atoms with Gasteiger partial charge in [0.05, 0.1) is 0 Å². The van der Waals surface area contributed by atoms with Crippen molar-refractivity contribution in [2.45, 2.75) is 71.6 Å². The summed E-state index contributed by atoms with van der Waals surface area (Å²) in [6.07, 6.45) is 14.0. The van der Waals surface area contributed by atoms with Crippen molar-refractivity contribution in [2.24, 2.45) is 28.6 Å². The first kappa shape index (κ1) is 13.1. The Morgan fingerprint density at radius 2 is 1.85 bits per heavy atom. The van der Waals surface area contributed by atoms with E-state index in [0.717, 1.165) is 0 Å². The van der Waals surface area contributed by atoms with Crippen LogP contribution in [0.4, 0.5) is 0 Å².